The van der Waals surface area contributed by atoms with Crippen molar-refractivity contribution in [2.45, 2.75) is 26.7 Å². The van der Waals surface area contributed by atoms with Gasteiger partial charge in [0.05, 0.1) is 5.41 Å². The van der Waals surface area contributed by atoms with E-state index in [9.17, 15) is 4.79 Å². The van der Waals surface area contributed by atoms with Crippen molar-refractivity contribution in [2.75, 3.05) is 0 Å². The Bertz CT molecular complexity index is 236. The van der Waals surface area contributed by atoms with Gasteiger partial charge in [0.2, 0.25) is 5.91 Å². The van der Waals surface area contributed by atoms with Crippen molar-refractivity contribution in [3.05, 3.63) is 24.4 Å². The van der Waals surface area contributed by atoms with Gasteiger partial charge in [0.15, 0.2) is 0 Å². The van der Waals surface area contributed by atoms with Gasteiger partial charge in [0.1, 0.15) is 0 Å². The minimum absolute atomic E-state index is 0.113. The number of hydrogen-bond donors (Lipinski definition) is 1. The number of allylic oxidation sites excluding steroid dienone is 1. The molecule has 0 radical (unpaired) electrons. The van der Waals surface area contributed by atoms with Gasteiger partial charge < -0.3 is 5.32 Å². The van der Waals surface area contributed by atoms with Crippen molar-refractivity contribution in [1.29, 1.82) is 0 Å². The highest BCUT2D eigenvalue weighted by molar-refractivity contribution is 5.89. The lowest BCUT2D eigenvalue weighted by molar-refractivity contribution is -0.126. The molecule has 1 aliphatic rings. The molecule has 1 aliphatic heterocycles. The monoisotopic (exact) mass is 165 g/mol. The van der Waals surface area contributed by atoms with Gasteiger partial charge in [-0.05, 0) is 25.0 Å². The van der Waals surface area contributed by atoms with Crippen LogP contribution in [0.25, 0.3) is 0 Å². The summed E-state index contributed by atoms with van der Waals surface area (Å²) < 4.78 is 0. The molecule has 2 nitrogen and oxygen atoms in total. The molecule has 0 aromatic heterocycles. The molecule has 0 aromatic rings. The maximum atomic E-state index is 11.5. The average Bonchev–Trinajstić information content (AvgIpc) is 2.43. The van der Waals surface area contributed by atoms with Crippen molar-refractivity contribution in [3.8, 4) is 0 Å². The van der Waals surface area contributed by atoms with Crippen molar-refractivity contribution in [1.82, 2.24) is 5.32 Å². The molecule has 0 aromatic carbocycles. The summed E-state index contributed by atoms with van der Waals surface area (Å²) in [4.78, 5) is 11.5. The first-order valence-corrected chi connectivity index (χ1v) is 4.35. The lowest BCUT2D eigenvalue weighted by atomic mass is 9.83. The summed E-state index contributed by atoms with van der Waals surface area (Å²) in [6.45, 7) is 7.69. The van der Waals surface area contributed by atoms with E-state index >= 15 is 0 Å². The fourth-order valence-electron chi connectivity index (χ4n) is 1.54. The zero-order valence-electron chi connectivity index (χ0n) is 7.68. The smallest absolute Gasteiger partial charge is 0.234 e. The molecule has 0 bridgehead atoms. The third kappa shape index (κ3) is 1.17. The molecule has 66 valence electrons. The quantitative estimate of drug-likeness (QED) is 0.680. The summed E-state index contributed by atoms with van der Waals surface area (Å²) in [7, 11) is 0. The van der Waals surface area contributed by atoms with Crippen LogP contribution in [0, 0.1) is 5.41 Å². The molecule has 1 rings (SSSR count). The summed E-state index contributed by atoms with van der Waals surface area (Å²) in [6.07, 6.45) is 5.38. The van der Waals surface area contributed by atoms with Crippen molar-refractivity contribution in [2.24, 2.45) is 5.41 Å². The van der Waals surface area contributed by atoms with Gasteiger partial charge in [0.25, 0.3) is 0 Å². The van der Waals surface area contributed by atoms with Gasteiger partial charge in [-0.1, -0.05) is 20.4 Å². The van der Waals surface area contributed by atoms with E-state index in [1.165, 1.54) is 0 Å². The van der Waals surface area contributed by atoms with Gasteiger partial charge in [-0.25, -0.2) is 0 Å². The molecule has 12 heavy (non-hydrogen) atoms. The molecule has 0 spiro atoms. The van der Waals surface area contributed by atoms with Gasteiger partial charge in [-0.3, -0.25) is 4.79 Å². The summed E-state index contributed by atoms with van der Waals surface area (Å²) in [5, 5.41) is 2.80. The Morgan fingerprint density at radius 1 is 1.58 bits per heavy atom. The van der Waals surface area contributed by atoms with Crippen LogP contribution in [0.5, 0.6) is 0 Å². The predicted molar refractivity (Wildman–Crippen MR) is 49.4 cm³/mol. The molecule has 0 atom stereocenters. The topological polar surface area (TPSA) is 29.1 Å². The molecule has 0 fully saturated rings. The van der Waals surface area contributed by atoms with Crippen LogP contribution in [0.15, 0.2) is 24.4 Å². The number of hydrogen-bond acceptors (Lipinski definition) is 1. The second-order valence-corrected chi connectivity index (χ2v) is 3.12. The highest BCUT2D eigenvalue weighted by Crippen LogP contribution is 2.33. The summed E-state index contributed by atoms with van der Waals surface area (Å²) >= 11 is 0. The Balaban J connectivity index is 2.96. The molecule has 1 heterocycles. The average molecular weight is 165 g/mol. The van der Waals surface area contributed by atoms with Crippen LogP contribution >= 0.6 is 0 Å². The Hall–Kier alpha value is -1.05. The maximum Gasteiger partial charge on any atom is 0.234 e. The van der Waals surface area contributed by atoms with E-state index < -0.39 is 0 Å². The van der Waals surface area contributed by atoms with Crippen LogP contribution in [0.3, 0.4) is 0 Å². The zero-order chi connectivity index (χ0) is 9.19. The SMILES string of the molecule is C=CC1=CC(CC)(CC)C(=O)N1. The van der Waals surface area contributed by atoms with Crippen LogP contribution in [0.2, 0.25) is 0 Å². The summed E-state index contributed by atoms with van der Waals surface area (Å²) in [5.74, 6) is 0.113. The first-order valence-electron chi connectivity index (χ1n) is 4.35. The molecule has 0 unspecified atom stereocenters. The van der Waals surface area contributed by atoms with E-state index in [1.807, 2.05) is 19.9 Å². The summed E-state index contributed by atoms with van der Waals surface area (Å²) in [6, 6.07) is 0. The number of carbonyl (C=O) groups is 1. The van der Waals surface area contributed by atoms with E-state index in [0.29, 0.717) is 0 Å². The van der Waals surface area contributed by atoms with Crippen molar-refractivity contribution >= 4 is 5.91 Å². The largest absolute Gasteiger partial charge is 0.326 e. The van der Waals surface area contributed by atoms with Crippen LogP contribution in [-0.2, 0) is 4.79 Å². The lowest BCUT2D eigenvalue weighted by Gasteiger charge is -2.19. The second kappa shape index (κ2) is 3.13. The van der Waals surface area contributed by atoms with Gasteiger partial charge in [0, 0.05) is 5.70 Å². The highest BCUT2D eigenvalue weighted by atomic mass is 16.2. The zero-order valence-corrected chi connectivity index (χ0v) is 7.68. The second-order valence-electron chi connectivity index (χ2n) is 3.12. The first-order chi connectivity index (χ1) is 5.68. The first kappa shape index (κ1) is 9.04. The van der Waals surface area contributed by atoms with Crippen LogP contribution in [-0.4, -0.2) is 5.91 Å². The highest BCUT2D eigenvalue weighted by Gasteiger charge is 2.37. The number of rotatable bonds is 3. The van der Waals surface area contributed by atoms with Crippen LogP contribution in [0.1, 0.15) is 26.7 Å². The normalized spacial score (nSPS) is 20.2. The number of carbonyl (C=O) groups excluding carboxylic acids is 1. The molecule has 2 heteroatoms. The number of nitrogens with one attached hydrogen (secondary N) is 1. The lowest BCUT2D eigenvalue weighted by Crippen LogP contribution is -2.31. The molecule has 1 amide bonds. The molecule has 0 saturated heterocycles. The van der Waals surface area contributed by atoms with Crippen molar-refractivity contribution in [3.63, 3.8) is 0 Å². The fourth-order valence-corrected chi connectivity index (χ4v) is 1.54. The fraction of sp³-hybridized carbons (Fsp3) is 0.500. The molecule has 0 aliphatic carbocycles. The van der Waals surface area contributed by atoms with Gasteiger partial charge in [-0.15, -0.1) is 0 Å². The Kier molecular flexibility index (Phi) is 2.36. The van der Waals surface area contributed by atoms with Gasteiger partial charge in [-0.2, -0.15) is 0 Å². The van der Waals surface area contributed by atoms with Crippen LogP contribution in [0.4, 0.5) is 0 Å². The Morgan fingerprint density at radius 3 is 2.42 bits per heavy atom. The third-order valence-corrected chi connectivity index (χ3v) is 2.62. The maximum absolute atomic E-state index is 11.5. The molecular formula is C10H15NO. The van der Waals surface area contributed by atoms with Crippen molar-refractivity contribution < 1.29 is 4.79 Å². The molecular weight excluding hydrogens is 150 g/mol. The standard InChI is InChI=1S/C10H15NO/c1-4-8-7-10(5-2,6-3)9(12)11-8/h4,7H,1,5-6H2,2-3H3,(H,11,12). The van der Waals surface area contributed by atoms with E-state index in [-0.39, 0.29) is 11.3 Å². The predicted octanol–water partition coefficient (Wildman–Crippen LogP) is 1.99. The minimum Gasteiger partial charge on any atom is -0.326 e. The van der Waals surface area contributed by atoms with E-state index in [4.69, 9.17) is 0 Å². The Labute approximate surface area is 73.4 Å². The van der Waals surface area contributed by atoms with E-state index in [2.05, 4.69) is 11.9 Å². The molecule has 0 saturated carbocycles. The third-order valence-electron chi connectivity index (χ3n) is 2.62. The van der Waals surface area contributed by atoms with Crippen LogP contribution < -0.4 is 5.32 Å². The Morgan fingerprint density at radius 2 is 2.17 bits per heavy atom. The molecule has 1 N–H and O–H groups in total. The summed E-state index contributed by atoms with van der Waals surface area (Å²) in [5.41, 5.74) is 0.576. The van der Waals surface area contributed by atoms with Gasteiger partial charge >= 0.3 is 0 Å². The minimum atomic E-state index is -0.274. The van der Waals surface area contributed by atoms with E-state index in [0.717, 1.165) is 18.5 Å². The number of amides is 1. The van der Waals surface area contributed by atoms with E-state index in [1.54, 1.807) is 6.08 Å².